The Morgan fingerprint density at radius 3 is 2.38 bits per heavy atom. The second-order valence-corrected chi connectivity index (χ2v) is 5.98. The molecule has 0 aromatic carbocycles. The van der Waals surface area contributed by atoms with Crippen molar-refractivity contribution in [1.82, 2.24) is 10.0 Å². The maximum absolute atomic E-state index is 12.5. The fourth-order valence-corrected chi connectivity index (χ4v) is 3.66. The van der Waals surface area contributed by atoms with Crippen LogP contribution in [0.3, 0.4) is 0 Å². The zero-order valence-electron chi connectivity index (χ0n) is 12.3. The van der Waals surface area contributed by atoms with Gasteiger partial charge < -0.3 is 4.74 Å². The molecule has 0 spiro atoms. The number of rotatable bonds is 4. The number of amides is 3. The average Bonchev–Trinajstić information content (AvgIpc) is 3.13. The van der Waals surface area contributed by atoms with Crippen LogP contribution >= 0.6 is 0 Å². The summed E-state index contributed by atoms with van der Waals surface area (Å²) in [6, 6.07) is 0. The van der Waals surface area contributed by atoms with Crippen LogP contribution in [0, 0.1) is 23.7 Å². The summed E-state index contributed by atoms with van der Waals surface area (Å²) in [6.07, 6.45) is 5.97. The highest BCUT2D eigenvalue weighted by molar-refractivity contribution is 6.07. The minimum Gasteiger partial charge on any atom is -0.448 e. The number of hydrazine groups is 1. The van der Waals surface area contributed by atoms with Crippen LogP contribution in [0.1, 0.15) is 26.2 Å². The molecule has 3 rings (SSSR count). The van der Waals surface area contributed by atoms with Crippen molar-refractivity contribution in [2.24, 2.45) is 23.7 Å². The quantitative estimate of drug-likeness (QED) is 0.448. The van der Waals surface area contributed by atoms with Crippen molar-refractivity contribution in [2.45, 2.75) is 26.2 Å². The lowest BCUT2D eigenvalue weighted by Gasteiger charge is -2.26. The van der Waals surface area contributed by atoms with E-state index in [0.29, 0.717) is 6.61 Å². The summed E-state index contributed by atoms with van der Waals surface area (Å²) in [5.41, 5.74) is 0. The van der Waals surface area contributed by atoms with E-state index in [4.69, 9.17) is 4.74 Å². The molecule has 0 radical (unpaired) electrons. The normalized spacial score (nSPS) is 32.8. The van der Waals surface area contributed by atoms with E-state index < -0.39 is 6.09 Å². The van der Waals surface area contributed by atoms with E-state index in [1.54, 1.807) is 0 Å². The molecule has 0 N–H and O–H groups in total. The number of carbonyl (C=O) groups excluding carboxylic acids is 3. The lowest BCUT2D eigenvalue weighted by atomic mass is 9.85. The SMILES string of the molecule is CCCCOC(=O)N(C)N1C(=O)C2C3C=CC(C3)C2C1=O. The van der Waals surface area contributed by atoms with Gasteiger partial charge in [-0.3, -0.25) is 9.59 Å². The Morgan fingerprint density at radius 2 is 1.86 bits per heavy atom. The average molecular weight is 292 g/mol. The summed E-state index contributed by atoms with van der Waals surface area (Å²) in [4.78, 5) is 36.9. The molecule has 3 aliphatic rings. The van der Waals surface area contributed by atoms with Crippen molar-refractivity contribution in [1.29, 1.82) is 0 Å². The minimum absolute atomic E-state index is 0.144. The molecule has 1 saturated heterocycles. The molecule has 21 heavy (non-hydrogen) atoms. The van der Waals surface area contributed by atoms with Gasteiger partial charge in [-0.15, -0.1) is 0 Å². The molecule has 6 nitrogen and oxygen atoms in total. The fourth-order valence-electron chi connectivity index (χ4n) is 3.66. The van der Waals surface area contributed by atoms with Gasteiger partial charge in [0, 0.05) is 7.05 Å². The second kappa shape index (κ2) is 5.16. The van der Waals surface area contributed by atoms with Crippen molar-refractivity contribution < 1.29 is 19.1 Å². The van der Waals surface area contributed by atoms with Crippen LogP contribution in [0.2, 0.25) is 0 Å². The first-order chi connectivity index (χ1) is 10.1. The zero-order chi connectivity index (χ0) is 15.1. The molecule has 1 saturated carbocycles. The smallest absolute Gasteiger partial charge is 0.428 e. The summed E-state index contributed by atoms with van der Waals surface area (Å²) in [6.45, 7) is 2.30. The van der Waals surface area contributed by atoms with E-state index >= 15 is 0 Å². The predicted molar refractivity (Wildman–Crippen MR) is 73.6 cm³/mol. The number of imide groups is 1. The molecule has 3 amide bonds. The van der Waals surface area contributed by atoms with E-state index in [1.807, 2.05) is 19.1 Å². The third-order valence-electron chi connectivity index (χ3n) is 4.73. The number of nitrogens with zero attached hydrogens (tertiary/aromatic N) is 2. The van der Waals surface area contributed by atoms with Gasteiger partial charge in [0.15, 0.2) is 0 Å². The second-order valence-electron chi connectivity index (χ2n) is 5.98. The van der Waals surface area contributed by atoms with Crippen LogP contribution in [0.15, 0.2) is 12.2 Å². The maximum atomic E-state index is 12.5. The molecule has 1 aliphatic heterocycles. The topological polar surface area (TPSA) is 66.9 Å². The Bertz CT molecular complexity index is 486. The van der Waals surface area contributed by atoms with Crippen molar-refractivity contribution in [3.8, 4) is 0 Å². The third kappa shape index (κ3) is 2.04. The van der Waals surface area contributed by atoms with Crippen molar-refractivity contribution in [3.63, 3.8) is 0 Å². The lowest BCUT2D eigenvalue weighted by Crippen LogP contribution is -2.48. The number of unbranched alkanes of at least 4 members (excludes halogenated alkanes) is 1. The largest absolute Gasteiger partial charge is 0.448 e. The first-order valence-corrected chi connectivity index (χ1v) is 7.52. The van der Waals surface area contributed by atoms with Crippen LogP contribution in [0.5, 0.6) is 0 Å². The van der Waals surface area contributed by atoms with Crippen LogP contribution in [0.4, 0.5) is 4.79 Å². The van der Waals surface area contributed by atoms with Crippen LogP contribution in [-0.4, -0.2) is 41.6 Å². The highest BCUT2D eigenvalue weighted by Crippen LogP contribution is 2.52. The van der Waals surface area contributed by atoms with Crippen LogP contribution in [-0.2, 0) is 14.3 Å². The van der Waals surface area contributed by atoms with Gasteiger partial charge in [0.05, 0.1) is 18.4 Å². The van der Waals surface area contributed by atoms with E-state index in [1.165, 1.54) is 7.05 Å². The molecule has 6 heteroatoms. The summed E-state index contributed by atoms with van der Waals surface area (Å²) in [7, 11) is 1.42. The number of fused-ring (bicyclic) bond motifs is 5. The Morgan fingerprint density at radius 1 is 1.29 bits per heavy atom. The molecule has 114 valence electrons. The van der Waals surface area contributed by atoms with Crippen molar-refractivity contribution in [3.05, 3.63) is 12.2 Å². The zero-order valence-corrected chi connectivity index (χ0v) is 12.3. The van der Waals surface area contributed by atoms with Gasteiger partial charge in [0.1, 0.15) is 0 Å². The highest BCUT2D eigenvalue weighted by Gasteiger charge is 2.60. The van der Waals surface area contributed by atoms with Gasteiger partial charge in [0.25, 0.3) is 11.8 Å². The Labute approximate surface area is 123 Å². The van der Waals surface area contributed by atoms with Crippen molar-refractivity contribution in [2.75, 3.05) is 13.7 Å². The van der Waals surface area contributed by atoms with Crippen molar-refractivity contribution >= 4 is 17.9 Å². The molecular weight excluding hydrogens is 272 g/mol. The first-order valence-electron chi connectivity index (χ1n) is 7.52. The summed E-state index contributed by atoms with van der Waals surface area (Å²) in [5, 5.41) is 2.01. The van der Waals surface area contributed by atoms with Gasteiger partial charge in [-0.2, -0.15) is 5.01 Å². The monoisotopic (exact) mass is 292 g/mol. The molecule has 1 heterocycles. The van der Waals surface area contributed by atoms with Crippen LogP contribution < -0.4 is 0 Å². The van der Waals surface area contributed by atoms with Gasteiger partial charge >= 0.3 is 6.09 Å². The van der Waals surface area contributed by atoms with Crippen LogP contribution in [0.25, 0.3) is 0 Å². The number of carbonyl (C=O) groups is 3. The summed E-state index contributed by atoms with van der Waals surface area (Å²) < 4.78 is 5.07. The maximum Gasteiger partial charge on any atom is 0.428 e. The van der Waals surface area contributed by atoms with Gasteiger partial charge in [-0.05, 0) is 24.7 Å². The molecular formula is C15H20N2O4. The lowest BCUT2D eigenvalue weighted by molar-refractivity contribution is -0.155. The van der Waals surface area contributed by atoms with E-state index in [2.05, 4.69) is 0 Å². The minimum atomic E-state index is -0.648. The molecule has 4 atom stereocenters. The third-order valence-corrected chi connectivity index (χ3v) is 4.73. The number of ether oxygens (including phenoxy) is 1. The Hall–Kier alpha value is -1.85. The van der Waals surface area contributed by atoms with Gasteiger partial charge in [0.2, 0.25) is 0 Å². The number of hydrogen-bond donors (Lipinski definition) is 0. The highest BCUT2D eigenvalue weighted by atomic mass is 16.6. The molecule has 4 unspecified atom stereocenters. The Balaban J connectivity index is 1.71. The molecule has 0 aromatic rings. The number of hydrogen-bond acceptors (Lipinski definition) is 4. The van der Waals surface area contributed by atoms with E-state index in [-0.39, 0.29) is 35.5 Å². The first kappa shape index (κ1) is 14.1. The van der Waals surface area contributed by atoms with E-state index in [0.717, 1.165) is 29.3 Å². The molecule has 0 aromatic heterocycles. The summed E-state index contributed by atoms with van der Waals surface area (Å²) >= 11 is 0. The summed E-state index contributed by atoms with van der Waals surface area (Å²) in [5.74, 6) is -0.831. The van der Waals surface area contributed by atoms with E-state index in [9.17, 15) is 14.4 Å². The standard InChI is InChI=1S/C15H20N2O4/c1-3-4-7-21-15(20)16(2)17-13(18)11-9-5-6-10(8-9)12(11)14(17)19/h5-6,9-12H,3-4,7-8H2,1-2H3. The van der Waals surface area contributed by atoms with Gasteiger partial charge in [-0.25, -0.2) is 9.80 Å². The molecule has 2 aliphatic carbocycles. The number of allylic oxidation sites excluding steroid dienone is 2. The predicted octanol–water partition coefficient (Wildman–Crippen LogP) is 1.58. The molecule has 2 fully saturated rings. The Kier molecular flexibility index (Phi) is 3.47. The fraction of sp³-hybridized carbons (Fsp3) is 0.667. The molecule has 2 bridgehead atoms. The van der Waals surface area contributed by atoms with Gasteiger partial charge in [-0.1, -0.05) is 25.5 Å².